The third kappa shape index (κ3) is 2.11. The van der Waals surface area contributed by atoms with Crippen molar-refractivity contribution in [3.8, 4) is 0 Å². The zero-order chi connectivity index (χ0) is 15.2. The van der Waals surface area contributed by atoms with Crippen LogP contribution in [0.3, 0.4) is 0 Å². The first-order valence-electron chi connectivity index (χ1n) is 7.40. The zero-order valence-corrected chi connectivity index (χ0v) is 12.8. The molecule has 2 aliphatic rings. The number of rotatable bonds is 1. The van der Waals surface area contributed by atoms with Crippen molar-refractivity contribution in [1.29, 1.82) is 0 Å². The summed E-state index contributed by atoms with van der Waals surface area (Å²) < 4.78 is 0. The van der Waals surface area contributed by atoms with Crippen molar-refractivity contribution in [1.82, 2.24) is 14.8 Å². The summed E-state index contributed by atoms with van der Waals surface area (Å²) in [7, 11) is 1.85. The van der Waals surface area contributed by atoms with Crippen LogP contribution in [0, 0.1) is 18.3 Å². The van der Waals surface area contributed by atoms with E-state index in [-0.39, 0.29) is 23.1 Å². The Balaban J connectivity index is 1.83. The van der Waals surface area contributed by atoms with Gasteiger partial charge in [-0.05, 0) is 30.9 Å². The second-order valence-corrected chi connectivity index (χ2v) is 6.47. The van der Waals surface area contributed by atoms with Crippen molar-refractivity contribution in [2.75, 3.05) is 26.7 Å². The van der Waals surface area contributed by atoms with Crippen LogP contribution in [0.4, 0.5) is 0 Å². The van der Waals surface area contributed by atoms with Crippen LogP contribution >= 0.6 is 0 Å². The van der Waals surface area contributed by atoms with E-state index in [0.29, 0.717) is 18.7 Å². The van der Waals surface area contributed by atoms with Crippen molar-refractivity contribution in [3.63, 3.8) is 0 Å². The molecule has 0 unspecified atom stereocenters. The first kappa shape index (κ1) is 14.0. The van der Waals surface area contributed by atoms with Crippen molar-refractivity contribution in [3.05, 3.63) is 29.6 Å². The monoisotopic (exact) mass is 287 g/mol. The number of aromatic nitrogens is 1. The van der Waals surface area contributed by atoms with E-state index in [0.717, 1.165) is 18.5 Å². The van der Waals surface area contributed by atoms with Gasteiger partial charge in [0, 0.05) is 39.1 Å². The summed E-state index contributed by atoms with van der Waals surface area (Å²) in [5.41, 5.74) is 1.21. The maximum absolute atomic E-state index is 12.6. The zero-order valence-electron chi connectivity index (χ0n) is 12.8. The smallest absolute Gasteiger partial charge is 0.255 e. The highest BCUT2D eigenvalue weighted by Crippen LogP contribution is 2.44. The highest BCUT2D eigenvalue weighted by atomic mass is 16.2. The van der Waals surface area contributed by atoms with E-state index in [2.05, 4.69) is 11.9 Å². The number of nitrogens with zero attached hydrogens (tertiary/aromatic N) is 3. The van der Waals surface area contributed by atoms with Crippen LogP contribution in [-0.2, 0) is 4.79 Å². The van der Waals surface area contributed by atoms with E-state index < -0.39 is 0 Å². The second-order valence-electron chi connectivity index (χ2n) is 6.47. The second kappa shape index (κ2) is 4.83. The minimum absolute atomic E-state index is 0.0164. The van der Waals surface area contributed by atoms with Crippen LogP contribution in [0.5, 0.6) is 0 Å². The molecule has 3 rings (SSSR count). The Morgan fingerprint density at radius 3 is 2.81 bits per heavy atom. The molecule has 3 heterocycles. The number of hydrogen-bond donors (Lipinski definition) is 0. The highest BCUT2D eigenvalue weighted by molar-refractivity contribution is 5.95. The predicted molar refractivity (Wildman–Crippen MR) is 78.7 cm³/mol. The molecule has 2 aliphatic heterocycles. The maximum Gasteiger partial charge on any atom is 0.255 e. The largest absolute Gasteiger partial charge is 0.345 e. The number of carbonyl (C=O) groups excluding carboxylic acids is 2. The van der Waals surface area contributed by atoms with Gasteiger partial charge in [-0.25, -0.2) is 0 Å². The SMILES string of the molecule is Cc1cncc(C(=O)N2C[C@@H](C)[C@@]3(CCN(C)C3=O)C2)c1. The van der Waals surface area contributed by atoms with Crippen LogP contribution in [0.1, 0.15) is 29.3 Å². The molecule has 1 spiro atoms. The molecular weight excluding hydrogens is 266 g/mol. The number of carbonyl (C=O) groups is 2. The van der Waals surface area contributed by atoms with Crippen molar-refractivity contribution in [2.45, 2.75) is 20.3 Å². The first-order valence-corrected chi connectivity index (χ1v) is 7.40. The molecule has 2 saturated heterocycles. The molecule has 1 aromatic rings. The van der Waals surface area contributed by atoms with Gasteiger partial charge in [0.25, 0.3) is 5.91 Å². The lowest BCUT2D eigenvalue weighted by Crippen LogP contribution is -2.39. The van der Waals surface area contributed by atoms with Crippen molar-refractivity contribution >= 4 is 11.8 Å². The summed E-state index contributed by atoms with van der Waals surface area (Å²) in [4.78, 5) is 32.8. The average molecular weight is 287 g/mol. The molecule has 21 heavy (non-hydrogen) atoms. The number of amides is 2. The molecule has 1 aromatic heterocycles. The van der Waals surface area contributed by atoms with Crippen LogP contribution in [0.25, 0.3) is 0 Å². The third-order valence-corrected chi connectivity index (χ3v) is 4.99. The van der Waals surface area contributed by atoms with E-state index >= 15 is 0 Å². The summed E-state index contributed by atoms with van der Waals surface area (Å²) in [6.07, 6.45) is 4.19. The lowest BCUT2D eigenvalue weighted by molar-refractivity contribution is -0.135. The van der Waals surface area contributed by atoms with Gasteiger partial charge in [-0.15, -0.1) is 0 Å². The van der Waals surface area contributed by atoms with Crippen LogP contribution in [0.15, 0.2) is 18.5 Å². The lowest BCUT2D eigenvalue weighted by Gasteiger charge is -2.25. The van der Waals surface area contributed by atoms with Gasteiger partial charge in [0.05, 0.1) is 11.0 Å². The van der Waals surface area contributed by atoms with Gasteiger partial charge in [-0.2, -0.15) is 0 Å². The number of aryl methyl sites for hydroxylation is 1. The lowest BCUT2D eigenvalue weighted by atomic mass is 9.78. The van der Waals surface area contributed by atoms with Gasteiger partial charge >= 0.3 is 0 Å². The van der Waals surface area contributed by atoms with E-state index in [1.807, 2.05) is 24.9 Å². The van der Waals surface area contributed by atoms with Gasteiger partial charge in [0.1, 0.15) is 0 Å². The Hall–Kier alpha value is -1.91. The fourth-order valence-corrected chi connectivity index (χ4v) is 3.64. The predicted octanol–water partition coefficient (Wildman–Crippen LogP) is 1.33. The van der Waals surface area contributed by atoms with E-state index in [1.54, 1.807) is 17.3 Å². The van der Waals surface area contributed by atoms with E-state index in [1.165, 1.54) is 0 Å². The van der Waals surface area contributed by atoms with Gasteiger partial charge in [-0.3, -0.25) is 14.6 Å². The molecule has 0 N–H and O–H groups in total. The Kier molecular flexibility index (Phi) is 3.23. The van der Waals surface area contributed by atoms with Crippen LogP contribution < -0.4 is 0 Å². The van der Waals surface area contributed by atoms with Gasteiger partial charge in [0.15, 0.2) is 0 Å². The highest BCUT2D eigenvalue weighted by Gasteiger charge is 2.55. The quantitative estimate of drug-likeness (QED) is 0.783. The number of pyridine rings is 1. The first-order chi connectivity index (χ1) is 9.94. The number of hydrogen-bond acceptors (Lipinski definition) is 3. The van der Waals surface area contributed by atoms with Gasteiger partial charge in [0.2, 0.25) is 5.91 Å². The Morgan fingerprint density at radius 1 is 1.43 bits per heavy atom. The molecule has 0 aromatic carbocycles. The minimum atomic E-state index is -0.373. The van der Waals surface area contributed by atoms with Crippen molar-refractivity contribution in [2.24, 2.45) is 11.3 Å². The average Bonchev–Trinajstić information content (AvgIpc) is 2.94. The Morgan fingerprint density at radius 2 is 2.19 bits per heavy atom. The van der Waals surface area contributed by atoms with E-state index in [9.17, 15) is 9.59 Å². The molecule has 5 nitrogen and oxygen atoms in total. The van der Waals surface area contributed by atoms with Crippen LogP contribution in [-0.4, -0.2) is 53.3 Å². The standard InChI is InChI=1S/C16H21N3O2/c1-11-6-13(8-17-7-11)14(20)19-9-12(2)16(10-19)4-5-18(3)15(16)21/h6-8,12H,4-5,9-10H2,1-3H3/t12-,16-/m1/s1. The third-order valence-electron chi connectivity index (χ3n) is 4.99. The fraction of sp³-hybridized carbons (Fsp3) is 0.562. The van der Waals surface area contributed by atoms with Crippen molar-refractivity contribution < 1.29 is 9.59 Å². The molecule has 0 aliphatic carbocycles. The summed E-state index contributed by atoms with van der Waals surface area (Å²) in [5, 5.41) is 0. The van der Waals surface area contributed by atoms with E-state index in [4.69, 9.17) is 0 Å². The van der Waals surface area contributed by atoms with Gasteiger partial charge < -0.3 is 9.80 Å². The summed E-state index contributed by atoms with van der Waals surface area (Å²) in [6, 6.07) is 1.85. The summed E-state index contributed by atoms with van der Waals surface area (Å²) in [6.45, 7) is 5.97. The molecule has 0 saturated carbocycles. The summed E-state index contributed by atoms with van der Waals surface area (Å²) in [5.74, 6) is 0.376. The maximum atomic E-state index is 12.6. The molecular formula is C16H21N3O2. The molecule has 0 radical (unpaired) electrons. The fourth-order valence-electron chi connectivity index (χ4n) is 3.64. The minimum Gasteiger partial charge on any atom is -0.345 e. The topological polar surface area (TPSA) is 53.5 Å². The molecule has 5 heteroatoms. The Bertz CT molecular complexity index is 601. The molecule has 0 bridgehead atoms. The molecule has 2 amide bonds. The summed E-state index contributed by atoms with van der Waals surface area (Å²) >= 11 is 0. The molecule has 2 fully saturated rings. The van der Waals surface area contributed by atoms with Gasteiger partial charge in [-0.1, -0.05) is 6.92 Å². The van der Waals surface area contributed by atoms with Crippen LogP contribution in [0.2, 0.25) is 0 Å². The number of likely N-dealkylation sites (tertiary alicyclic amines) is 2. The normalized spacial score (nSPS) is 28.7. The molecule has 2 atom stereocenters. The Labute approximate surface area is 124 Å². The molecule has 112 valence electrons.